The Balaban J connectivity index is 0.000000956. The van der Waals surface area contributed by atoms with Gasteiger partial charge in [0, 0.05) is 20.0 Å². The molecule has 118 valence electrons. The molecule has 0 bridgehead atoms. The first-order valence-electron chi connectivity index (χ1n) is 8.68. The van der Waals surface area contributed by atoms with E-state index in [2.05, 4.69) is 11.8 Å². The summed E-state index contributed by atoms with van der Waals surface area (Å²) in [6.45, 7) is 13.8. The summed E-state index contributed by atoms with van der Waals surface area (Å²) in [4.78, 5) is 15.9. The van der Waals surface area contributed by atoms with Crippen LogP contribution in [0.5, 0.6) is 0 Å². The third-order valence-electron chi connectivity index (χ3n) is 4.82. The van der Waals surface area contributed by atoms with Crippen LogP contribution in [0.25, 0.3) is 0 Å². The molecule has 0 N–H and O–H groups in total. The van der Waals surface area contributed by atoms with E-state index >= 15 is 0 Å². The van der Waals surface area contributed by atoms with E-state index in [4.69, 9.17) is 0 Å². The number of piperidine rings is 2. The Morgan fingerprint density at radius 2 is 1.40 bits per heavy atom. The van der Waals surface area contributed by atoms with Crippen molar-refractivity contribution in [3.05, 3.63) is 0 Å². The largest absolute Gasteiger partial charge is 0.343 e. The van der Waals surface area contributed by atoms with E-state index in [1.165, 1.54) is 51.7 Å². The van der Waals surface area contributed by atoms with Crippen molar-refractivity contribution in [2.75, 3.05) is 32.7 Å². The maximum atomic E-state index is 11.3. The average molecular weight is 282 g/mol. The molecule has 2 aliphatic rings. The van der Waals surface area contributed by atoms with Crippen LogP contribution in [0, 0.1) is 11.8 Å². The molecule has 0 atom stereocenters. The molecule has 0 aromatic carbocycles. The lowest BCUT2D eigenvalue weighted by Gasteiger charge is -2.40. The summed E-state index contributed by atoms with van der Waals surface area (Å²) in [5, 5.41) is 0. The van der Waals surface area contributed by atoms with Crippen LogP contribution >= 0.6 is 0 Å². The van der Waals surface area contributed by atoms with Crippen LogP contribution in [0.15, 0.2) is 0 Å². The molecule has 0 aromatic rings. The predicted octanol–water partition coefficient (Wildman–Crippen LogP) is 3.39. The smallest absolute Gasteiger partial charge is 0.219 e. The highest BCUT2D eigenvalue weighted by molar-refractivity contribution is 5.73. The Morgan fingerprint density at radius 3 is 1.80 bits per heavy atom. The first-order chi connectivity index (χ1) is 9.70. The van der Waals surface area contributed by atoms with Crippen molar-refractivity contribution in [1.29, 1.82) is 0 Å². The molecular weight excluding hydrogens is 248 g/mol. The standard InChI is InChI=1S/C15H28N2O.C2H6/c1-3-8-16-9-4-14(5-10-16)15-6-11-17(12-7-15)13(2)18;1-2/h14-15H,3-12H2,1-2H3;1-2H3. The summed E-state index contributed by atoms with van der Waals surface area (Å²) < 4.78 is 0. The summed E-state index contributed by atoms with van der Waals surface area (Å²) in [5.74, 6) is 2.06. The summed E-state index contributed by atoms with van der Waals surface area (Å²) in [6, 6.07) is 0. The van der Waals surface area contributed by atoms with Crippen LogP contribution in [0.2, 0.25) is 0 Å². The first-order valence-corrected chi connectivity index (χ1v) is 8.68. The fourth-order valence-corrected chi connectivity index (χ4v) is 3.65. The second kappa shape index (κ2) is 9.38. The van der Waals surface area contributed by atoms with Crippen LogP contribution in [0.3, 0.4) is 0 Å². The van der Waals surface area contributed by atoms with Crippen molar-refractivity contribution in [1.82, 2.24) is 9.80 Å². The first kappa shape index (κ1) is 17.5. The van der Waals surface area contributed by atoms with Gasteiger partial charge in [-0.3, -0.25) is 4.79 Å². The molecule has 0 saturated carbocycles. The molecule has 2 heterocycles. The van der Waals surface area contributed by atoms with E-state index in [0.29, 0.717) is 0 Å². The van der Waals surface area contributed by atoms with Gasteiger partial charge in [0.2, 0.25) is 5.91 Å². The van der Waals surface area contributed by atoms with Gasteiger partial charge in [-0.05, 0) is 63.6 Å². The van der Waals surface area contributed by atoms with Crippen molar-refractivity contribution in [3.63, 3.8) is 0 Å². The van der Waals surface area contributed by atoms with Gasteiger partial charge in [-0.15, -0.1) is 0 Å². The van der Waals surface area contributed by atoms with Crippen molar-refractivity contribution in [3.8, 4) is 0 Å². The number of hydrogen-bond donors (Lipinski definition) is 0. The molecule has 0 spiro atoms. The van der Waals surface area contributed by atoms with E-state index in [0.717, 1.165) is 24.9 Å². The van der Waals surface area contributed by atoms with Gasteiger partial charge >= 0.3 is 0 Å². The zero-order chi connectivity index (χ0) is 15.0. The van der Waals surface area contributed by atoms with Gasteiger partial charge in [0.15, 0.2) is 0 Å². The maximum absolute atomic E-state index is 11.3. The second-order valence-corrected chi connectivity index (χ2v) is 6.02. The molecule has 2 aliphatic heterocycles. The Hall–Kier alpha value is -0.570. The number of amides is 1. The lowest BCUT2D eigenvalue weighted by Crippen LogP contribution is -2.42. The van der Waals surface area contributed by atoms with E-state index in [1.54, 1.807) is 6.92 Å². The summed E-state index contributed by atoms with van der Waals surface area (Å²) in [5.41, 5.74) is 0. The van der Waals surface area contributed by atoms with Gasteiger partial charge in [-0.1, -0.05) is 20.8 Å². The van der Waals surface area contributed by atoms with E-state index in [9.17, 15) is 4.79 Å². The molecule has 2 saturated heterocycles. The van der Waals surface area contributed by atoms with E-state index in [1.807, 2.05) is 18.7 Å². The monoisotopic (exact) mass is 282 g/mol. The number of likely N-dealkylation sites (tertiary alicyclic amines) is 2. The van der Waals surface area contributed by atoms with Gasteiger partial charge in [-0.25, -0.2) is 0 Å². The topological polar surface area (TPSA) is 23.6 Å². The lowest BCUT2D eigenvalue weighted by molar-refractivity contribution is -0.130. The van der Waals surface area contributed by atoms with Gasteiger partial charge in [0.05, 0.1) is 0 Å². The highest BCUT2D eigenvalue weighted by Gasteiger charge is 2.29. The summed E-state index contributed by atoms with van der Waals surface area (Å²) in [6.07, 6.45) is 6.51. The van der Waals surface area contributed by atoms with Gasteiger partial charge in [0.25, 0.3) is 0 Å². The lowest BCUT2D eigenvalue weighted by atomic mass is 9.79. The molecule has 3 heteroatoms. The molecule has 0 aromatic heterocycles. The third kappa shape index (κ3) is 5.08. The fourth-order valence-electron chi connectivity index (χ4n) is 3.65. The molecule has 1 amide bonds. The number of rotatable bonds is 3. The van der Waals surface area contributed by atoms with Gasteiger partial charge < -0.3 is 9.80 Å². The molecule has 0 unspecified atom stereocenters. The highest BCUT2D eigenvalue weighted by Crippen LogP contribution is 2.32. The zero-order valence-corrected chi connectivity index (χ0v) is 14.0. The quantitative estimate of drug-likeness (QED) is 0.792. The van der Waals surface area contributed by atoms with Crippen LogP contribution in [0.1, 0.15) is 59.8 Å². The average Bonchev–Trinajstić information content (AvgIpc) is 2.50. The Bertz CT molecular complexity index is 264. The highest BCUT2D eigenvalue weighted by atomic mass is 16.2. The normalized spacial score (nSPS) is 22.3. The SMILES string of the molecule is CC.CCCN1CCC(C2CCN(C(C)=O)CC2)CC1. The minimum absolute atomic E-state index is 0.256. The molecule has 0 radical (unpaired) electrons. The van der Waals surface area contributed by atoms with Crippen LogP contribution < -0.4 is 0 Å². The Morgan fingerprint density at radius 1 is 0.950 bits per heavy atom. The van der Waals surface area contributed by atoms with Crippen LogP contribution in [-0.2, 0) is 4.79 Å². The number of carbonyl (C=O) groups excluding carboxylic acids is 1. The van der Waals surface area contributed by atoms with Crippen molar-refractivity contribution < 1.29 is 4.79 Å². The molecule has 3 nitrogen and oxygen atoms in total. The van der Waals surface area contributed by atoms with Crippen molar-refractivity contribution in [2.45, 2.75) is 59.8 Å². The summed E-state index contributed by atoms with van der Waals surface area (Å²) in [7, 11) is 0. The number of carbonyl (C=O) groups is 1. The van der Waals surface area contributed by atoms with Crippen molar-refractivity contribution in [2.24, 2.45) is 11.8 Å². The van der Waals surface area contributed by atoms with Gasteiger partial charge in [0.1, 0.15) is 0 Å². The molecule has 0 aliphatic carbocycles. The van der Waals surface area contributed by atoms with Crippen molar-refractivity contribution >= 4 is 5.91 Å². The minimum atomic E-state index is 0.256. The Labute approximate surface area is 125 Å². The molecular formula is C17H34N2O. The maximum Gasteiger partial charge on any atom is 0.219 e. The fraction of sp³-hybridized carbons (Fsp3) is 0.941. The second-order valence-electron chi connectivity index (χ2n) is 6.02. The molecule has 2 rings (SSSR count). The zero-order valence-electron chi connectivity index (χ0n) is 14.0. The predicted molar refractivity (Wildman–Crippen MR) is 85.8 cm³/mol. The molecule has 20 heavy (non-hydrogen) atoms. The number of hydrogen-bond acceptors (Lipinski definition) is 2. The summed E-state index contributed by atoms with van der Waals surface area (Å²) >= 11 is 0. The Kier molecular flexibility index (Phi) is 8.20. The van der Waals surface area contributed by atoms with E-state index in [-0.39, 0.29) is 5.91 Å². The van der Waals surface area contributed by atoms with Crippen LogP contribution in [0.4, 0.5) is 0 Å². The van der Waals surface area contributed by atoms with Crippen LogP contribution in [-0.4, -0.2) is 48.4 Å². The molecule has 2 fully saturated rings. The van der Waals surface area contributed by atoms with E-state index < -0.39 is 0 Å². The minimum Gasteiger partial charge on any atom is -0.343 e. The third-order valence-corrected chi connectivity index (χ3v) is 4.82. The van der Waals surface area contributed by atoms with Gasteiger partial charge in [-0.2, -0.15) is 0 Å². The number of nitrogens with zero attached hydrogens (tertiary/aromatic N) is 2.